The van der Waals surface area contributed by atoms with Crippen molar-refractivity contribution in [3.05, 3.63) is 69.8 Å². The molecular weight excluding hydrogens is 414 g/mol. The average Bonchev–Trinajstić information content (AvgIpc) is 3.18. The van der Waals surface area contributed by atoms with Crippen LogP contribution in [0.15, 0.2) is 42.5 Å². The quantitative estimate of drug-likeness (QED) is 0.381. The molecule has 0 radical (unpaired) electrons. The van der Waals surface area contributed by atoms with Crippen LogP contribution in [0.2, 0.25) is 10.2 Å². The number of halogens is 3. The highest BCUT2D eigenvalue weighted by molar-refractivity contribution is 6.34. The summed E-state index contributed by atoms with van der Waals surface area (Å²) in [6.45, 7) is 0.604. The van der Waals surface area contributed by atoms with E-state index < -0.39 is 0 Å². The minimum absolute atomic E-state index is 0.174. The Kier molecular flexibility index (Phi) is 7.23. The van der Waals surface area contributed by atoms with Gasteiger partial charge in [0.1, 0.15) is 16.7 Å². The maximum Gasteiger partial charge on any atom is 0.273 e. The number of H-pyrrole nitrogens is 1. The molecule has 0 spiro atoms. The van der Waals surface area contributed by atoms with Crippen molar-refractivity contribution in [2.24, 2.45) is 0 Å². The highest BCUT2D eigenvalue weighted by Crippen LogP contribution is 2.20. The van der Waals surface area contributed by atoms with Gasteiger partial charge in [0.25, 0.3) is 5.91 Å². The fourth-order valence-corrected chi connectivity index (χ4v) is 3.28. The summed E-state index contributed by atoms with van der Waals surface area (Å²) < 4.78 is 13.0. The van der Waals surface area contributed by atoms with Crippen molar-refractivity contribution in [3.63, 3.8) is 0 Å². The van der Waals surface area contributed by atoms with Crippen LogP contribution in [-0.4, -0.2) is 39.6 Å². The van der Waals surface area contributed by atoms with Crippen LogP contribution in [0.4, 0.5) is 4.39 Å². The van der Waals surface area contributed by atoms with Gasteiger partial charge in [-0.3, -0.25) is 9.89 Å². The van der Waals surface area contributed by atoms with E-state index >= 15 is 0 Å². The molecule has 0 saturated heterocycles. The fourth-order valence-electron chi connectivity index (χ4n) is 2.95. The number of hydrogen-bond donors (Lipinski definition) is 1. The summed E-state index contributed by atoms with van der Waals surface area (Å²) in [6, 6.07) is 11.4. The van der Waals surface area contributed by atoms with Crippen LogP contribution < -0.4 is 0 Å². The van der Waals surface area contributed by atoms with E-state index in [1.807, 2.05) is 6.07 Å². The number of nitrogens with zero attached hydrogens (tertiary/aromatic N) is 3. The molecule has 1 aromatic carbocycles. The van der Waals surface area contributed by atoms with Crippen LogP contribution in [0.3, 0.4) is 0 Å². The summed E-state index contributed by atoms with van der Waals surface area (Å²) >= 11 is 11.9. The lowest BCUT2D eigenvalue weighted by atomic mass is 10.1. The number of pyridine rings is 1. The Morgan fingerprint density at radius 1 is 1.10 bits per heavy atom. The summed E-state index contributed by atoms with van der Waals surface area (Å²) in [5.74, 6) is -0.503. The second kappa shape index (κ2) is 9.85. The first-order valence-electron chi connectivity index (χ1n) is 9.32. The van der Waals surface area contributed by atoms with Crippen LogP contribution >= 0.6 is 23.2 Å². The van der Waals surface area contributed by atoms with Gasteiger partial charge in [-0.2, -0.15) is 5.10 Å². The summed E-state index contributed by atoms with van der Waals surface area (Å²) in [5.41, 5.74) is 2.88. The SMILES string of the molecule is CN(CCCCCc1cc(-c2ccc(F)cc2)n[nH]1)C(=O)c1nc(Cl)ccc1Cl. The Labute approximate surface area is 178 Å². The molecule has 0 aliphatic heterocycles. The summed E-state index contributed by atoms with van der Waals surface area (Å²) in [7, 11) is 1.73. The van der Waals surface area contributed by atoms with Gasteiger partial charge in [-0.1, -0.05) is 29.6 Å². The van der Waals surface area contributed by atoms with Gasteiger partial charge in [-0.05, 0) is 61.7 Å². The van der Waals surface area contributed by atoms with Gasteiger partial charge in [0, 0.05) is 24.8 Å². The predicted molar refractivity (Wildman–Crippen MR) is 113 cm³/mol. The second-order valence-electron chi connectivity index (χ2n) is 6.79. The Bertz CT molecular complexity index is 975. The summed E-state index contributed by atoms with van der Waals surface area (Å²) in [4.78, 5) is 18.1. The van der Waals surface area contributed by atoms with Gasteiger partial charge in [-0.25, -0.2) is 9.37 Å². The molecule has 0 saturated carbocycles. The summed E-state index contributed by atoms with van der Waals surface area (Å²) in [6.07, 6.45) is 3.63. The number of carbonyl (C=O) groups is 1. The van der Waals surface area contributed by atoms with Crippen LogP contribution in [-0.2, 0) is 6.42 Å². The van der Waals surface area contributed by atoms with E-state index in [4.69, 9.17) is 23.2 Å². The molecule has 0 aliphatic carbocycles. The number of amides is 1. The molecular formula is C21H21Cl2FN4O. The van der Waals surface area contributed by atoms with E-state index in [1.54, 1.807) is 36.2 Å². The molecule has 2 aromatic heterocycles. The fraction of sp³-hybridized carbons (Fsp3) is 0.286. The Morgan fingerprint density at radius 3 is 2.62 bits per heavy atom. The molecule has 1 amide bonds. The highest BCUT2D eigenvalue weighted by atomic mass is 35.5. The third-order valence-electron chi connectivity index (χ3n) is 4.57. The minimum Gasteiger partial charge on any atom is -0.340 e. The lowest BCUT2D eigenvalue weighted by molar-refractivity contribution is 0.0787. The molecule has 8 heteroatoms. The molecule has 2 heterocycles. The molecule has 0 atom stereocenters. The number of nitrogens with one attached hydrogen (secondary N) is 1. The number of aromatic nitrogens is 3. The Balaban J connectivity index is 1.42. The molecule has 152 valence electrons. The molecule has 3 aromatic rings. The van der Waals surface area contributed by atoms with Gasteiger partial charge in [-0.15, -0.1) is 0 Å². The first-order valence-corrected chi connectivity index (χ1v) is 10.1. The zero-order valence-electron chi connectivity index (χ0n) is 16.0. The van der Waals surface area contributed by atoms with Crippen molar-refractivity contribution in [3.8, 4) is 11.3 Å². The predicted octanol–water partition coefficient (Wildman–Crippen LogP) is 5.40. The first-order chi connectivity index (χ1) is 13.9. The first kappa shape index (κ1) is 21.3. The number of hydrogen-bond acceptors (Lipinski definition) is 3. The van der Waals surface area contributed by atoms with Crippen molar-refractivity contribution in [1.82, 2.24) is 20.1 Å². The van der Waals surface area contributed by atoms with Gasteiger partial charge in [0.15, 0.2) is 0 Å². The number of benzene rings is 1. The van der Waals surface area contributed by atoms with Crippen molar-refractivity contribution in [1.29, 1.82) is 0 Å². The molecule has 0 bridgehead atoms. The molecule has 29 heavy (non-hydrogen) atoms. The number of aromatic amines is 1. The summed E-state index contributed by atoms with van der Waals surface area (Å²) in [5, 5.41) is 7.85. The van der Waals surface area contributed by atoms with E-state index in [2.05, 4.69) is 15.2 Å². The van der Waals surface area contributed by atoms with Gasteiger partial charge >= 0.3 is 0 Å². The standard InChI is InChI=1S/C21H21Cl2FN4O/c1-28(21(29)20-17(22)10-11-19(23)25-20)12-4-2-3-5-16-13-18(27-26-16)14-6-8-15(24)9-7-14/h6-11,13H,2-5,12H2,1H3,(H,26,27). The van der Waals surface area contributed by atoms with Crippen LogP contribution in [0.1, 0.15) is 35.4 Å². The van der Waals surface area contributed by atoms with E-state index in [-0.39, 0.29) is 22.6 Å². The highest BCUT2D eigenvalue weighted by Gasteiger charge is 2.17. The Hall–Kier alpha value is -2.44. The van der Waals surface area contributed by atoms with Crippen molar-refractivity contribution < 1.29 is 9.18 Å². The number of carbonyl (C=O) groups excluding carboxylic acids is 1. The zero-order valence-corrected chi connectivity index (χ0v) is 17.5. The van der Waals surface area contributed by atoms with Crippen LogP contribution in [0, 0.1) is 5.82 Å². The maximum absolute atomic E-state index is 13.0. The topological polar surface area (TPSA) is 61.9 Å². The second-order valence-corrected chi connectivity index (χ2v) is 7.58. The smallest absolute Gasteiger partial charge is 0.273 e. The number of rotatable bonds is 8. The lowest BCUT2D eigenvalue weighted by Crippen LogP contribution is -2.28. The zero-order chi connectivity index (χ0) is 20.8. The molecule has 0 unspecified atom stereocenters. The molecule has 0 fully saturated rings. The third kappa shape index (κ3) is 5.78. The van der Waals surface area contributed by atoms with E-state index in [1.165, 1.54) is 12.1 Å². The number of unbranched alkanes of at least 4 members (excludes halogenated alkanes) is 2. The van der Waals surface area contributed by atoms with Gasteiger partial charge < -0.3 is 4.90 Å². The monoisotopic (exact) mass is 434 g/mol. The largest absolute Gasteiger partial charge is 0.340 e. The van der Waals surface area contributed by atoms with Crippen LogP contribution in [0.25, 0.3) is 11.3 Å². The van der Waals surface area contributed by atoms with Crippen molar-refractivity contribution in [2.75, 3.05) is 13.6 Å². The third-order valence-corrected chi connectivity index (χ3v) is 5.09. The minimum atomic E-state index is -0.263. The molecule has 0 aliphatic rings. The van der Waals surface area contributed by atoms with Crippen molar-refractivity contribution >= 4 is 29.1 Å². The van der Waals surface area contributed by atoms with Gasteiger partial charge in [0.2, 0.25) is 0 Å². The molecule has 3 rings (SSSR count). The van der Waals surface area contributed by atoms with E-state index in [0.717, 1.165) is 42.6 Å². The molecule has 5 nitrogen and oxygen atoms in total. The normalized spacial score (nSPS) is 10.9. The van der Waals surface area contributed by atoms with Gasteiger partial charge in [0.05, 0.1) is 10.7 Å². The van der Waals surface area contributed by atoms with Crippen LogP contribution in [0.5, 0.6) is 0 Å². The van der Waals surface area contributed by atoms with Crippen molar-refractivity contribution in [2.45, 2.75) is 25.7 Å². The maximum atomic E-state index is 13.0. The lowest BCUT2D eigenvalue weighted by Gasteiger charge is -2.17. The Morgan fingerprint density at radius 2 is 1.86 bits per heavy atom. The molecule has 1 N–H and O–H groups in total. The van der Waals surface area contributed by atoms with E-state index in [9.17, 15) is 9.18 Å². The number of aryl methyl sites for hydroxylation is 1. The average molecular weight is 435 g/mol. The van der Waals surface area contributed by atoms with E-state index in [0.29, 0.717) is 11.6 Å².